The Morgan fingerprint density at radius 2 is 2.00 bits per heavy atom. The minimum atomic E-state index is -0.263. The van der Waals surface area contributed by atoms with Crippen molar-refractivity contribution >= 4 is 11.6 Å². The van der Waals surface area contributed by atoms with Gasteiger partial charge in [-0.05, 0) is 49.1 Å². The molecule has 2 nitrogen and oxygen atoms in total. The Balaban J connectivity index is 1.84. The molecule has 3 unspecified atom stereocenters. The first-order valence-corrected chi connectivity index (χ1v) is 6.48. The smallest absolute Gasteiger partial charge is 0.129 e. The maximum Gasteiger partial charge on any atom is 0.129 e. The van der Waals surface area contributed by atoms with Crippen molar-refractivity contribution in [1.82, 2.24) is 5.43 Å². The summed E-state index contributed by atoms with van der Waals surface area (Å²) in [5.74, 6) is 7.53. The molecule has 4 heteroatoms. The summed E-state index contributed by atoms with van der Waals surface area (Å²) in [6.45, 7) is 0. The maximum atomic E-state index is 13.9. The summed E-state index contributed by atoms with van der Waals surface area (Å²) in [4.78, 5) is 0. The van der Waals surface area contributed by atoms with Crippen molar-refractivity contribution in [2.24, 2.45) is 23.6 Å². The van der Waals surface area contributed by atoms with Crippen LogP contribution in [0.25, 0.3) is 0 Å². The third-order valence-corrected chi connectivity index (χ3v) is 4.46. The molecule has 0 bridgehead atoms. The highest BCUT2D eigenvalue weighted by Crippen LogP contribution is 2.57. The van der Waals surface area contributed by atoms with E-state index in [4.69, 9.17) is 17.4 Å². The number of halogens is 2. The number of nitrogens with two attached hydrogens (primary N) is 1. The van der Waals surface area contributed by atoms with E-state index in [-0.39, 0.29) is 11.9 Å². The zero-order valence-electron chi connectivity index (χ0n) is 9.50. The minimum absolute atomic E-state index is 0.0833. The van der Waals surface area contributed by atoms with Crippen LogP contribution in [0.2, 0.25) is 5.02 Å². The molecule has 0 saturated heterocycles. The van der Waals surface area contributed by atoms with Crippen LogP contribution in [0.5, 0.6) is 0 Å². The van der Waals surface area contributed by atoms with Gasteiger partial charge in [0.05, 0.1) is 6.04 Å². The van der Waals surface area contributed by atoms with Crippen LogP contribution in [0.4, 0.5) is 4.39 Å². The van der Waals surface area contributed by atoms with Crippen molar-refractivity contribution in [3.8, 4) is 0 Å². The first-order valence-electron chi connectivity index (χ1n) is 6.10. The molecule has 0 aliphatic heterocycles. The minimum Gasteiger partial charge on any atom is -0.271 e. The molecule has 2 fully saturated rings. The van der Waals surface area contributed by atoms with Gasteiger partial charge in [-0.2, -0.15) is 0 Å². The molecule has 17 heavy (non-hydrogen) atoms. The Morgan fingerprint density at radius 3 is 2.59 bits per heavy atom. The van der Waals surface area contributed by atoms with Crippen LogP contribution in [0.1, 0.15) is 30.9 Å². The van der Waals surface area contributed by atoms with Crippen molar-refractivity contribution in [1.29, 1.82) is 0 Å². The van der Waals surface area contributed by atoms with E-state index < -0.39 is 0 Å². The Hall–Kier alpha value is -0.640. The van der Waals surface area contributed by atoms with Gasteiger partial charge in [0.2, 0.25) is 0 Å². The number of benzene rings is 1. The molecule has 92 valence electrons. The number of rotatable bonds is 3. The second-order valence-corrected chi connectivity index (χ2v) is 5.73. The number of hydrogen-bond donors (Lipinski definition) is 2. The summed E-state index contributed by atoms with van der Waals surface area (Å²) >= 11 is 5.76. The predicted molar refractivity (Wildman–Crippen MR) is 65.8 cm³/mol. The molecule has 0 radical (unpaired) electrons. The van der Waals surface area contributed by atoms with E-state index in [0.29, 0.717) is 16.5 Å². The lowest BCUT2D eigenvalue weighted by Gasteiger charge is -2.24. The number of fused-ring (bicyclic) bond motifs is 1. The molecular formula is C13H16ClFN2. The van der Waals surface area contributed by atoms with Gasteiger partial charge < -0.3 is 0 Å². The molecule has 0 spiro atoms. The lowest BCUT2D eigenvalue weighted by Crippen LogP contribution is -2.33. The maximum absolute atomic E-state index is 13.9. The Kier molecular flexibility index (Phi) is 2.85. The van der Waals surface area contributed by atoms with Crippen molar-refractivity contribution in [3.05, 3.63) is 34.6 Å². The summed E-state index contributed by atoms with van der Waals surface area (Å²) in [6, 6.07) is 4.74. The van der Waals surface area contributed by atoms with Crippen LogP contribution in [-0.2, 0) is 0 Å². The molecular weight excluding hydrogens is 239 g/mol. The number of hydrazine groups is 1. The van der Waals surface area contributed by atoms with E-state index in [1.807, 2.05) is 0 Å². The molecule has 3 atom stereocenters. The molecule has 0 heterocycles. The highest BCUT2D eigenvalue weighted by atomic mass is 35.5. The standard InChI is InChI=1S/C13H16ClFN2/c14-10-1-2-11(12(15)6-10)13(17-16)9-4-7-3-8(7)5-9/h1-2,6-9,13,17H,3-5,16H2. The van der Waals surface area contributed by atoms with Crippen LogP contribution in [0.15, 0.2) is 18.2 Å². The van der Waals surface area contributed by atoms with Crippen LogP contribution < -0.4 is 11.3 Å². The van der Waals surface area contributed by atoms with E-state index >= 15 is 0 Å². The highest BCUT2D eigenvalue weighted by molar-refractivity contribution is 6.30. The van der Waals surface area contributed by atoms with Crippen molar-refractivity contribution in [2.75, 3.05) is 0 Å². The van der Waals surface area contributed by atoms with E-state index in [0.717, 1.165) is 11.8 Å². The fourth-order valence-corrected chi connectivity index (χ4v) is 3.43. The van der Waals surface area contributed by atoms with Gasteiger partial charge in [0.25, 0.3) is 0 Å². The molecule has 3 N–H and O–H groups in total. The topological polar surface area (TPSA) is 38.0 Å². The van der Waals surface area contributed by atoms with Crippen LogP contribution in [0, 0.1) is 23.6 Å². The van der Waals surface area contributed by atoms with Gasteiger partial charge in [-0.15, -0.1) is 0 Å². The summed E-state index contributed by atoms with van der Waals surface area (Å²) in [5.41, 5.74) is 3.42. The molecule has 2 aliphatic carbocycles. The largest absolute Gasteiger partial charge is 0.271 e. The van der Waals surface area contributed by atoms with Crippen LogP contribution >= 0.6 is 11.6 Å². The molecule has 0 aromatic heterocycles. The Bertz CT molecular complexity index is 427. The Labute approximate surface area is 105 Å². The molecule has 2 saturated carbocycles. The number of nitrogens with one attached hydrogen (secondary N) is 1. The van der Waals surface area contributed by atoms with Gasteiger partial charge in [0, 0.05) is 10.6 Å². The molecule has 1 aromatic rings. The zero-order valence-corrected chi connectivity index (χ0v) is 10.3. The molecule has 3 rings (SSSR count). The monoisotopic (exact) mass is 254 g/mol. The molecule has 0 amide bonds. The average molecular weight is 255 g/mol. The Morgan fingerprint density at radius 1 is 1.29 bits per heavy atom. The van der Waals surface area contributed by atoms with Gasteiger partial charge in [-0.1, -0.05) is 17.7 Å². The lowest BCUT2D eigenvalue weighted by molar-refractivity contribution is 0.337. The highest BCUT2D eigenvalue weighted by Gasteiger charge is 2.48. The summed E-state index contributed by atoms with van der Waals surface area (Å²) < 4.78 is 13.9. The van der Waals surface area contributed by atoms with Gasteiger partial charge in [-0.25, -0.2) is 4.39 Å². The SMILES string of the molecule is NNC(c1ccc(Cl)cc1F)C1CC2CC2C1. The van der Waals surface area contributed by atoms with Gasteiger partial charge in [0.15, 0.2) is 0 Å². The van der Waals surface area contributed by atoms with E-state index in [2.05, 4.69) is 5.43 Å². The van der Waals surface area contributed by atoms with Crippen molar-refractivity contribution in [3.63, 3.8) is 0 Å². The zero-order chi connectivity index (χ0) is 12.0. The third kappa shape index (κ3) is 2.07. The second kappa shape index (κ2) is 4.23. The summed E-state index contributed by atoms with van der Waals surface area (Å²) in [6.07, 6.45) is 3.69. The predicted octanol–water partition coefficient (Wildman–Crippen LogP) is 3.03. The van der Waals surface area contributed by atoms with Gasteiger partial charge in [-0.3, -0.25) is 11.3 Å². The third-order valence-electron chi connectivity index (χ3n) is 4.23. The van der Waals surface area contributed by atoms with Crippen molar-refractivity contribution in [2.45, 2.75) is 25.3 Å². The fraction of sp³-hybridized carbons (Fsp3) is 0.538. The van der Waals surface area contributed by atoms with E-state index in [9.17, 15) is 4.39 Å². The first-order chi connectivity index (χ1) is 8.19. The van der Waals surface area contributed by atoms with E-state index in [1.54, 1.807) is 12.1 Å². The van der Waals surface area contributed by atoms with Crippen molar-refractivity contribution < 1.29 is 4.39 Å². The number of hydrogen-bond acceptors (Lipinski definition) is 2. The normalized spacial score (nSPS) is 32.3. The lowest BCUT2D eigenvalue weighted by atomic mass is 9.89. The molecule has 1 aromatic carbocycles. The van der Waals surface area contributed by atoms with Gasteiger partial charge >= 0.3 is 0 Å². The molecule has 2 aliphatic rings. The summed E-state index contributed by atoms with van der Waals surface area (Å²) in [7, 11) is 0. The average Bonchev–Trinajstić information content (AvgIpc) is 2.90. The van der Waals surface area contributed by atoms with E-state index in [1.165, 1.54) is 25.3 Å². The van der Waals surface area contributed by atoms with Crippen LogP contribution in [-0.4, -0.2) is 0 Å². The summed E-state index contributed by atoms with van der Waals surface area (Å²) in [5, 5.41) is 0.427. The van der Waals surface area contributed by atoms with Crippen LogP contribution in [0.3, 0.4) is 0 Å². The fourth-order valence-electron chi connectivity index (χ4n) is 3.27. The first kappa shape index (κ1) is 11.5. The second-order valence-electron chi connectivity index (χ2n) is 5.30. The quantitative estimate of drug-likeness (QED) is 0.643. The van der Waals surface area contributed by atoms with Gasteiger partial charge in [0.1, 0.15) is 5.82 Å².